The van der Waals surface area contributed by atoms with Crippen molar-refractivity contribution in [3.05, 3.63) is 174 Å². The molecule has 22 heteroatoms. The quantitative estimate of drug-likeness (QED) is 0.0120. The van der Waals surface area contributed by atoms with E-state index in [0.717, 1.165) is 202 Å². The fourth-order valence-electron chi connectivity index (χ4n) is 16.3. The van der Waals surface area contributed by atoms with Crippen molar-refractivity contribution in [1.29, 1.82) is 0 Å². The molecular formula is C89H92F6N4O8S4. The fourth-order valence-corrected chi connectivity index (χ4v) is 20.9. The van der Waals surface area contributed by atoms with Crippen LogP contribution in [0.3, 0.4) is 0 Å². The van der Waals surface area contributed by atoms with Gasteiger partial charge < -0.3 is 8.83 Å². The van der Waals surface area contributed by atoms with Gasteiger partial charge in [0, 0.05) is 16.9 Å². The molecule has 12 nitrogen and oxygen atoms in total. The van der Waals surface area contributed by atoms with Crippen LogP contribution in [-0.4, -0.2) is 45.2 Å². The van der Waals surface area contributed by atoms with Crippen LogP contribution in [0.15, 0.2) is 106 Å². The largest absolute Gasteiger partial charge is 0.452 e. The number of thiophene rings is 2. The molecule has 8 heterocycles. The van der Waals surface area contributed by atoms with Gasteiger partial charge in [-0.25, -0.2) is 19.8 Å². The zero-order valence-electron chi connectivity index (χ0n) is 63.5. The number of nitrogens with zero attached hydrogens (tertiary/aromatic N) is 4. The number of fused-ring (bicyclic) bond motifs is 8. The SMILES string of the molecule is C#CCCCCCCCCCCC1(CCCCCC/C=C/CCCC)C(=O)c2cc(-c3sc(-c4nc5c(s4)-c4sc(C)nc4C(=O)C5(C)c4ccc(CCCCCCCCCCCC)cc4)c4c3C(=O)N(c3ccc(C(F)(F)F)cc3)C4=O)oc2-c2oc(-c3sc(C)c4c3C(=O)N(c3ccc(C(F)(F)F)cc3)C4=O)cc21. The number of carbonyl (C=O) groups excluding carboxylic acids is 6. The molecule has 0 bridgehead atoms. The van der Waals surface area contributed by atoms with Crippen LogP contribution in [0.25, 0.3) is 52.4 Å². The van der Waals surface area contributed by atoms with E-state index < -0.39 is 57.9 Å². The number of aromatic nitrogens is 2. The van der Waals surface area contributed by atoms with Gasteiger partial charge in [-0.2, -0.15) is 26.3 Å². The first-order valence-corrected chi connectivity index (χ1v) is 42.7. The lowest BCUT2D eigenvalue weighted by Gasteiger charge is -2.35. The molecule has 0 radical (unpaired) electrons. The summed E-state index contributed by atoms with van der Waals surface area (Å²) >= 11 is 4.72. The number of hydrogen-bond acceptors (Lipinski definition) is 14. The van der Waals surface area contributed by atoms with E-state index >= 15 is 19.2 Å². The van der Waals surface area contributed by atoms with Gasteiger partial charge in [-0.05, 0) is 144 Å². The maximum Gasteiger partial charge on any atom is 0.416 e. The Hall–Kier alpha value is -8.62. The summed E-state index contributed by atoms with van der Waals surface area (Å²) in [6.07, 6.45) is 29.8. The van der Waals surface area contributed by atoms with Gasteiger partial charge in [0.25, 0.3) is 23.6 Å². The number of benzene rings is 3. The second kappa shape index (κ2) is 34.4. The van der Waals surface area contributed by atoms with E-state index in [4.69, 9.17) is 25.2 Å². The Balaban J connectivity index is 0.917. The number of carbonyl (C=O) groups is 6. The van der Waals surface area contributed by atoms with E-state index in [0.29, 0.717) is 62.1 Å². The molecule has 582 valence electrons. The summed E-state index contributed by atoms with van der Waals surface area (Å²) in [5.41, 5.74) is -1.91. The Morgan fingerprint density at radius 3 is 1.55 bits per heavy atom. The molecule has 0 saturated carbocycles. The van der Waals surface area contributed by atoms with Crippen LogP contribution in [-0.2, 0) is 29.6 Å². The molecule has 3 aromatic carbocycles. The number of halogens is 6. The summed E-state index contributed by atoms with van der Waals surface area (Å²) < 4.78 is 98.3. The monoisotopic (exact) mass is 1590 g/mol. The summed E-state index contributed by atoms with van der Waals surface area (Å²) in [5, 5.41) is 0.911. The minimum Gasteiger partial charge on any atom is -0.452 e. The number of unbranched alkanes of at least 4 members (excludes halogenated alkanes) is 23. The summed E-state index contributed by atoms with van der Waals surface area (Å²) in [6, 6.07) is 18.9. The summed E-state index contributed by atoms with van der Waals surface area (Å²) in [4.78, 5) is 107. The first-order valence-electron chi connectivity index (χ1n) is 39.4. The van der Waals surface area contributed by atoms with E-state index in [-0.39, 0.29) is 99.1 Å². The number of rotatable bonds is 37. The lowest BCUT2D eigenvalue weighted by Crippen LogP contribution is -2.38. The maximum absolute atomic E-state index is 16.6. The minimum atomic E-state index is -4.74. The Bertz CT molecular complexity index is 5020. The molecule has 0 fully saturated rings. The van der Waals surface area contributed by atoms with Gasteiger partial charge in [-0.15, -0.1) is 57.7 Å². The topological polar surface area (TPSA) is 161 Å². The molecule has 0 spiro atoms. The van der Waals surface area contributed by atoms with Crippen molar-refractivity contribution < 1.29 is 63.9 Å². The van der Waals surface area contributed by atoms with E-state index in [1.165, 1.54) is 74.0 Å². The number of Topliss-reactive ketones (excluding diaryl/α,β-unsaturated/α-hetero) is 2. The molecule has 9 aromatic rings. The number of thiazole rings is 2. The number of anilines is 2. The number of imide groups is 2. The average Bonchev–Trinajstić information content (AvgIpc) is 1.59. The molecule has 6 aromatic heterocycles. The normalized spacial score (nSPS) is 16.7. The van der Waals surface area contributed by atoms with Crippen molar-refractivity contribution in [2.24, 2.45) is 0 Å². The molecule has 2 atom stereocenters. The zero-order chi connectivity index (χ0) is 78.5. The third kappa shape index (κ3) is 16.1. The zero-order valence-corrected chi connectivity index (χ0v) is 66.7. The van der Waals surface area contributed by atoms with E-state index in [1.54, 1.807) is 19.1 Å². The number of alkyl halides is 6. The number of ketones is 2. The number of hydrogen-bond donors (Lipinski definition) is 0. The van der Waals surface area contributed by atoms with Crippen molar-refractivity contribution in [3.63, 3.8) is 0 Å². The standard InChI is InChI=1S/C89H92F6N4O8S4/c1-7-10-13-16-19-22-25-28-31-34-37-56-38-40-57(41-39-56)86(6)78-77(76-70(80(86)101)96-55(5)109-76)111-81(97-78)75-69-68(84(104)99(85(69)105)61-48-44-59(45-49-61)89(93,94)95)74(110-75)64-52-62-71(106-64)72-63(53-65(107-72)73-67-66(54(4)108-73)82(102)98(83(67)103)60-46-42-58(43-47-60)88(90,91)92)87(79(62)100,50-35-32-29-26-23-20-17-14-11-8-2)51-36-33-30-27-24-21-18-15-12-9-3/h2,18,21,38-49,52-53H,7,9-17,19-20,22-37,50-51H2,1,3-6H3/b21-18+. The van der Waals surface area contributed by atoms with Crippen molar-refractivity contribution in [2.75, 3.05) is 9.80 Å². The van der Waals surface area contributed by atoms with E-state index in [1.807, 2.05) is 26.0 Å². The maximum atomic E-state index is 16.6. The van der Waals surface area contributed by atoms with Crippen molar-refractivity contribution in [1.82, 2.24) is 9.97 Å². The molecule has 4 amide bonds. The summed E-state index contributed by atoms with van der Waals surface area (Å²) in [6.45, 7) is 9.72. The highest BCUT2D eigenvalue weighted by Crippen LogP contribution is 2.59. The molecule has 13 rings (SSSR count). The second-order valence-corrected chi connectivity index (χ2v) is 34.6. The molecule has 0 saturated heterocycles. The highest BCUT2D eigenvalue weighted by Gasteiger charge is 2.54. The van der Waals surface area contributed by atoms with Crippen LogP contribution in [0.5, 0.6) is 0 Å². The smallest absolute Gasteiger partial charge is 0.416 e. The van der Waals surface area contributed by atoms with Gasteiger partial charge in [0.05, 0.1) is 90.8 Å². The van der Waals surface area contributed by atoms with Gasteiger partial charge in [-0.3, -0.25) is 28.8 Å². The van der Waals surface area contributed by atoms with Crippen LogP contribution in [0.2, 0.25) is 0 Å². The molecule has 4 aliphatic rings. The number of terminal acetylenes is 1. The molecular weight excluding hydrogens is 1500 g/mol. The summed E-state index contributed by atoms with van der Waals surface area (Å²) in [5.74, 6) is -0.785. The van der Waals surface area contributed by atoms with Crippen molar-refractivity contribution in [3.8, 4) is 64.8 Å². The molecule has 111 heavy (non-hydrogen) atoms. The number of allylic oxidation sites excluding steroid dienone is 2. The van der Waals surface area contributed by atoms with Crippen LogP contribution >= 0.6 is 45.3 Å². The van der Waals surface area contributed by atoms with Gasteiger partial charge in [0.2, 0.25) is 0 Å². The van der Waals surface area contributed by atoms with E-state index in [9.17, 15) is 35.9 Å². The molecule has 2 aliphatic heterocycles. The Morgan fingerprint density at radius 2 is 0.982 bits per heavy atom. The first-order chi connectivity index (χ1) is 53.4. The Labute approximate surface area is 660 Å². The van der Waals surface area contributed by atoms with Gasteiger partial charge in [0.15, 0.2) is 23.1 Å². The lowest BCUT2D eigenvalue weighted by molar-refractivity contribution is -0.138. The Kier molecular flexibility index (Phi) is 24.9. The molecule has 2 aliphatic carbocycles. The van der Waals surface area contributed by atoms with Crippen LogP contribution < -0.4 is 9.80 Å². The second-order valence-electron chi connectivity index (χ2n) is 30.1. The van der Waals surface area contributed by atoms with Crippen LogP contribution in [0, 0.1) is 26.2 Å². The number of aryl methyl sites for hydroxylation is 3. The number of amides is 4. The average molecular weight is 1590 g/mol. The fraction of sp³-hybridized carbons (Fsp3) is 0.438. The summed E-state index contributed by atoms with van der Waals surface area (Å²) in [7, 11) is 0. The predicted octanol–water partition coefficient (Wildman–Crippen LogP) is 26.5. The third-order valence-corrected chi connectivity index (χ3v) is 27.1. The lowest BCUT2D eigenvalue weighted by atomic mass is 9.65. The van der Waals surface area contributed by atoms with Gasteiger partial charge >= 0.3 is 12.4 Å². The molecule has 2 unspecified atom stereocenters. The highest BCUT2D eigenvalue weighted by molar-refractivity contribution is 7.27. The van der Waals surface area contributed by atoms with Crippen molar-refractivity contribution in [2.45, 2.75) is 250 Å². The highest BCUT2D eigenvalue weighted by atomic mass is 32.1. The molecule has 0 N–H and O–H groups in total. The van der Waals surface area contributed by atoms with E-state index in [2.05, 4.69) is 44.1 Å². The minimum absolute atomic E-state index is 0.00745. The van der Waals surface area contributed by atoms with Gasteiger partial charge in [-0.1, -0.05) is 185 Å². The third-order valence-electron chi connectivity index (χ3n) is 22.4. The van der Waals surface area contributed by atoms with Gasteiger partial charge in [0.1, 0.15) is 27.6 Å². The predicted molar refractivity (Wildman–Crippen MR) is 430 cm³/mol. The Morgan fingerprint density at radius 1 is 0.495 bits per heavy atom. The first kappa shape index (κ1) is 80.4. The number of furan rings is 2. The van der Waals surface area contributed by atoms with Crippen LogP contribution in [0.4, 0.5) is 37.7 Å². The van der Waals surface area contributed by atoms with Crippen LogP contribution in [0.1, 0.15) is 313 Å². The van der Waals surface area contributed by atoms with Crippen molar-refractivity contribution >= 4 is 91.9 Å².